The van der Waals surface area contributed by atoms with Crippen molar-refractivity contribution < 1.29 is 14.3 Å². The van der Waals surface area contributed by atoms with E-state index in [-0.39, 0.29) is 24.4 Å². The number of rotatable bonds is 7. The van der Waals surface area contributed by atoms with E-state index >= 15 is 0 Å². The van der Waals surface area contributed by atoms with E-state index in [0.29, 0.717) is 30.3 Å². The second-order valence-electron chi connectivity index (χ2n) is 5.93. The van der Waals surface area contributed by atoms with Gasteiger partial charge in [0.05, 0.1) is 13.2 Å². The molecule has 0 bridgehead atoms. The SMILES string of the molecule is CCCCOc1ccc(C(=O)N2CCC(N)CC2)cc1OCC.Cl. The van der Waals surface area contributed by atoms with Gasteiger partial charge in [0.1, 0.15) is 0 Å². The molecule has 24 heavy (non-hydrogen) atoms. The average Bonchev–Trinajstić information content (AvgIpc) is 2.56. The molecule has 1 heterocycles. The summed E-state index contributed by atoms with van der Waals surface area (Å²) in [5.74, 6) is 1.39. The molecular formula is C18H29ClN2O3. The number of nitrogens with zero attached hydrogens (tertiary/aromatic N) is 1. The summed E-state index contributed by atoms with van der Waals surface area (Å²) in [6.07, 6.45) is 3.81. The third-order valence-corrected chi connectivity index (χ3v) is 4.07. The minimum absolute atomic E-state index is 0. The van der Waals surface area contributed by atoms with Crippen molar-refractivity contribution in [3.8, 4) is 11.5 Å². The Labute approximate surface area is 150 Å². The second kappa shape index (κ2) is 10.4. The third-order valence-electron chi connectivity index (χ3n) is 4.07. The van der Waals surface area contributed by atoms with Crippen molar-refractivity contribution in [3.63, 3.8) is 0 Å². The fourth-order valence-corrected chi connectivity index (χ4v) is 2.64. The van der Waals surface area contributed by atoms with E-state index in [1.807, 2.05) is 24.0 Å². The van der Waals surface area contributed by atoms with Crippen LogP contribution in [0.25, 0.3) is 0 Å². The molecule has 2 rings (SSSR count). The van der Waals surface area contributed by atoms with Gasteiger partial charge >= 0.3 is 0 Å². The fourth-order valence-electron chi connectivity index (χ4n) is 2.64. The summed E-state index contributed by atoms with van der Waals surface area (Å²) >= 11 is 0. The number of hydrogen-bond donors (Lipinski definition) is 1. The van der Waals surface area contributed by atoms with Crippen molar-refractivity contribution in [2.75, 3.05) is 26.3 Å². The van der Waals surface area contributed by atoms with Crippen LogP contribution in [-0.2, 0) is 0 Å². The molecule has 6 heteroatoms. The molecule has 0 spiro atoms. The summed E-state index contributed by atoms with van der Waals surface area (Å²) in [7, 11) is 0. The number of piperidine rings is 1. The zero-order valence-electron chi connectivity index (χ0n) is 14.6. The van der Waals surface area contributed by atoms with E-state index in [0.717, 1.165) is 38.8 Å². The van der Waals surface area contributed by atoms with Crippen LogP contribution in [0.3, 0.4) is 0 Å². The lowest BCUT2D eigenvalue weighted by Crippen LogP contribution is -2.42. The maximum Gasteiger partial charge on any atom is 0.253 e. The number of ether oxygens (including phenoxy) is 2. The number of benzene rings is 1. The number of unbranched alkanes of at least 4 members (excludes halogenated alkanes) is 1. The maximum absolute atomic E-state index is 12.6. The zero-order valence-corrected chi connectivity index (χ0v) is 15.4. The van der Waals surface area contributed by atoms with Crippen molar-refractivity contribution >= 4 is 18.3 Å². The molecule has 1 amide bonds. The van der Waals surface area contributed by atoms with Crippen LogP contribution in [0.15, 0.2) is 18.2 Å². The van der Waals surface area contributed by atoms with Gasteiger partial charge in [-0.2, -0.15) is 0 Å². The highest BCUT2D eigenvalue weighted by Crippen LogP contribution is 2.29. The van der Waals surface area contributed by atoms with E-state index in [1.54, 1.807) is 6.07 Å². The molecule has 1 aromatic rings. The summed E-state index contributed by atoms with van der Waals surface area (Å²) < 4.78 is 11.4. The van der Waals surface area contributed by atoms with Gasteiger partial charge in [0, 0.05) is 24.7 Å². The van der Waals surface area contributed by atoms with Gasteiger partial charge in [-0.25, -0.2) is 0 Å². The Morgan fingerprint density at radius 3 is 2.54 bits per heavy atom. The normalized spacial score (nSPS) is 14.9. The highest BCUT2D eigenvalue weighted by Gasteiger charge is 2.22. The summed E-state index contributed by atoms with van der Waals surface area (Å²) in [6.45, 7) is 6.70. The lowest BCUT2D eigenvalue weighted by atomic mass is 10.0. The van der Waals surface area contributed by atoms with Gasteiger partial charge in [0.2, 0.25) is 0 Å². The fraction of sp³-hybridized carbons (Fsp3) is 0.611. The Morgan fingerprint density at radius 1 is 1.21 bits per heavy atom. The van der Waals surface area contributed by atoms with Crippen LogP contribution in [0.1, 0.15) is 49.9 Å². The van der Waals surface area contributed by atoms with Crippen LogP contribution in [-0.4, -0.2) is 43.2 Å². The minimum Gasteiger partial charge on any atom is -0.490 e. The van der Waals surface area contributed by atoms with Crippen LogP contribution in [0.2, 0.25) is 0 Å². The first-order valence-corrected chi connectivity index (χ1v) is 8.60. The van der Waals surface area contributed by atoms with Gasteiger partial charge in [0.25, 0.3) is 5.91 Å². The summed E-state index contributed by atoms with van der Waals surface area (Å²) in [6, 6.07) is 5.67. The standard InChI is InChI=1S/C18H28N2O3.ClH/c1-3-5-12-23-16-7-6-14(13-17(16)22-4-2)18(21)20-10-8-15(19)9-11-20;/h6-7,13,15H,3-5,8-12,19H2,1-2H3;1H. The summed E-state index contributed by atoms with van der Waals surface area (Å²) in [5.41, 5.74) is 6.55. The number of carbonyl (C=O) groups is 1. The molecule has 0 aliphatic carbocycles. The molecule has 0 unspecified atom stereocenters. The first-order valence-electron chi connectivity index (χ1n) is 8.60. The predicted molar refractivity (Wildman–Crippen MR) is 98.4 cm³/mol. The Bertz CT molecular complexity index is 517. The number of hydrogen-bond acceptors (Lipinski definition) is 4. The van der Waals surface area contributed by atoms with E-state index in [9.17, 15) is 4.79 Å². The van der Waals surface area contributed by atoms with Crippen molar-refractivity contribution in [3.05, 3.63) is 23.8 Å². The smallest absolute Gasteiger partial charge is 0.253 e. The maximum atomic E-state index is 12.6. The molecule has 1 aliphatic rings. The predicted octanol–water partition coefficient (Wildman–Crippen LogP) is 3.25. The average molecular weight is 357 g/mol. The molecule has 5 nitrogen and oxygen atoms in total. The Morgan fingerprint density at radius 2 is 1.92 bits per heavy atom. The molecule has 136 valence electrons. The van der Waals surface area contributed by atoms with Crippen LogP contribution < -0.4 is 15.2 Å². The number of carbonyl (C=O) groups excluding carboxylic acids is 1. The van der Waals surface area contributed by atoms with Crippen LogP contribution in [0.4, 0.5) is 0 Å². The lowest BCUT2D eigenvalue weighted by Gasteiger charge is -2.30. The van der Waals surface area contributed by atoms with Gasteiger partial charge in [-0.05, 0) is 44.4 Å². The van der Waals surface area contributed by atoms with Crippen molar-refractivity contribution in [1.82, 2.24) is 4.90 Å². The lowest BCUT2D eigenvalue weighted by molar-refractivity contribution is 0.0714. The Balaban J connectivity index is 0.00000288. The number of amides is 1. The molecule has 1 aliphatic heterocycles. The molecule has 0 saturated carbocycles. The largest absolute Gasteiger partial charge is 0.490 e. The molecule has 2 N–H and O–H groups in total. The Hall–Kier alpha value is -1.46. The first-order chi connectivity index (χ1) is 11.2. The minimum atomic E-state index is 0. The van der Waals surface area contributed by atoms with Gasteiger partial charge in [0.15, 0.2) is 11.5 Å². The van der Waals surface area contributed by atoms with Crippen LogP contribution >= 0.6 is 12.4 Å². The van der Waals surface area contributed by atoms with E-state index in [2.05, 4.69) is 6.92 Å². The van der Waals surface area contributed by atoms with Gasteiger partial charge in [-0.15, -0.1) is 12.4 Å². The molecule has 1 fully saturated rings. The van der Waals surface area contributed by atoms with Gasteiger partial charge in [-0.1, -0.05) is 13.3 Å². The van der Waals surface area contributed by atoms with Gasteiger partial charge in [-0.3, -0.25) is 4.79 Å². The van der Waals surface area contributed by atoms with Crippen molar-refractivity contribution in [2.45, 2.75) is 45.6 Å². The highest BCUT2D eigenvalue weighted by molar-refractivity contribution is 5.95. The van der Waals surface area contributed by atoms with E-state index in [1.165, 1.54) is 0 Å². The van der Waals surface area contributed by atoms with E-state index in [4.69, 9.17) is 15.2 Å². The third kappa shape index (κ3) is 5.56. The molecular weight excluding hydrogens is 328 g/mol. The molecule has 0 aromatic heterocycles. The van der Waals surface area contributed by atoms with Crippen molar-refractivity contribution in [1.29, 1.82) is 0 Å². The number of likely N-dealkylation sites (tertiary alicyclic amines) is 1. The number of nitrogens with two attached hydrogens (primary N) is 1. The van der Waals surface area contributed by atoms with Crippen LogP contribution in [0, 0.1) is 0 Å². The van der Waals surface area contributed by atoms with E-state index < -0.39 is 0 Å². The molecule has 0 atom stereocenters. The van der Waals surface area contributed by atoms with Crippen molar-refractivity contribution in [2.24, 2.45) is 5.73 Å². The molecule has 1 saturated heterocycles. The Kier molecular flexibility index (Phi) is 8.93. The molecule has 1 aromatic carbocycles. The first kappa shape index (κ1) is 20.6. The van der Waals surface area contributed by atoms with Crippen LogP contribution in [0.5, 0.6) is 11.5 Å². The topological polar surface area (TPSA) is 64.8 Å². The summed E-state index contributed by atoms with van der Waals surface area (Å²) in [5, 5.41) is 0. The molecule has 0 radical (unpaired) electrons. The zero-order chi connectivity index (χ0) is 16.7. The summed E-state index contributed by atoms with van der Waals surface area (Å²) in [4.78, 5) is 14.5. The van der Waals surface area contributed by atoms with Gasteiger partial charge < -0.3 is 20.1 Å². The highest BCUT2D eigenvalue weighted by atomic mass is 35.5. The number of halogens is 1. The monoisotopic (exact) mass is 356 g/mol. The second-order valence-corrected chi connectivity index (χ2v) is 5.93. The quantitative estimate of drug-likeness (QED) is 0.761.